The van der Waals surface area contributed by atoms with Gasteiger partial charge >= 0.3 is 12.2 Å². The zero-order valence-corrected chi connectivity index (χ0v) is 20.1. The molecule has 1 unspecified atom stereocenters. The fourth-order valence-electron chi connectivity index (χ4n) is 4.95. The smallest absolute Gasteiger partial charge is 0.414 e. The van der Waals surface area contributed by atoms with Gasteiger partial charge in [-0.25, -0.2) is 14.6 Å². The van der Waals surface area contributed by atoms with E-state index in [1.165, 1.54) is 7.11 Å². The molecule has 0 saturated carbocycles. The first kappa shape index (κ1) is 23.8. The van der Waals surface area contributed by atoms with E-state index in [9.17, 15) is 9.59 Å². The zero-order chi connectivity index (χ0) is 23.5. The minimum absolute atomic E-state index is 0.226. The van der Waals surface area contributed by atoms with Crippen molar-refractivity contribution in [2.24, 2.45) is 5.92 Å². The second-order valence-electron chi connectivity index (χ2n) is 9.50. The SMILES string of the molecule is COC(=O)N1c2ccc(C3CNN(CC4CCOCC4)C3)cc2N(C(=O)OC(C)C)C[C@@H]1C. The predicted molar refractivity (Wildman–Crippen MR) is 126 cm³/mol. The van der Waals surface area contributed by atoms with Crippen LogP contribution >= 0.6 is 0 Å². The highest BCUT2D eigenvalue weighted by molar-refractivity contribution is 6.00. The Labute approximate surface area is 195 Å². The average molecular weight is 461 g/mol. The lowest BCUT2D eigenvalue weighted by atomic mass is 9.96. The van der Waals surface area contributed by atoms with E-state index in [-0.39, 0.29) is 12.1 Å². The minimum Gasteiger partial charge on any atom is -0.452 e. The van der Waals surface area contributed by atoms with Gasteiger partial charge in [-0.2, -0.15) is 0 Å². The molecular formula is C24H36N4O5. The van der Waals surface area contributed by atoms with E-state index in [0.29, 0.717) is 29.8 Å². The molecule has 1 N–H and O–H groups in total. The van der Waals surface area contributed by atoms with Gasteiger partial charge in [-0.15, -0.1) is 0 Å². The van der Waals surface area contributed by atoms with Crippen LogP contribution in [0, 0.1) is 5.92 Å². The summed E-state index contributed by atoms with van der Waals surface area (Å²) in [5, 5.41) is 2.31. The monoisotopic (exact) mass is 460 g/mol. The van der Waals surface area contributed by atoms with Crippen molar-refractivity contribution in [3.05, 3.63) is 23.8 Å². The predicted octanol–water partition coefficient (Wildman–Crippen LogP) is 3.34. The summed E-state index contributed by atoms with van der Waals surface area (Å²) in [7, 11) is 1.37. The summed E-state index contributed by atoms with van der Waals surface area (Å²) >= 11 is 0. The van der Waals surface area contributed by atoms with Gasteiger partial charge in [0.05, 0.1) is 37.2 Å². The van der Waals surface area contributed by atoms with Crippen molar-refractivity contribution in [2.75, 3.05) is 56.3 Å². The number of carbonyl (C=O) groups is 2. The number of anilines is 2. The standard InChI is InChI=1S/C24H36N4O5/c1-16(2)33-23(29)27-13-17(3)28(24(30)31-4)21-6-5-19(11-22(21)27)20-12-25-26(15-20)14-18-7-9-32-10-8-18/h5-6,11,16-18,20,25H,7-10,12-15H2,1-4H3/t17-,20?/m0/s1. The van der Waals surface area contributed by atoms with Gasteiger partial charge in [0.2, 0.25) is 0 Å². The van der Waals surface area contributed by atoms with Crippen LogP contribution in [0.1, 0.15) is 45.1 Å². The van der Waals surface area contributed by atoms with E-state index in [1.807, 2.05) is 32.9 Å². The van der Waals surface area contributed by atoms with Gasteiger partial charge in [-0.05, 0) is 57.2 Å². The molecular weight excluding hydrogens is 424 g/mol. The minimum atomic E-state index is -0.432. The lowest BCUT2D eigenvalue weighted by Gasteiger charge is -2.40. The van der Waals surface area contributed by atoms with Crippen molar-refractivity contribution in [3.8, 4) is 0 Å². The largest absolute Gasteiger partial charge is 0.452 e. The van der Waals surface area contributed by atoms with Crippen LogP contribution in [0.25, 0.3) is 0 Å². The highest BCUT2D eigenvalue weighted by Gasteiger charge is 2.37. The molecule has 2 atom stereocenters. The highest BCUT2D eigenvalue weighted by atomic mass is 16.6. The van der Waals surface area contributed by atoms with Crippen LogP contribution in [0.3, 0.4) is 0 Å². The van der Waals surface area contributed by atoms with Crippen molar-refractivity contribution in [2.45, 2.75) is 51.7 Å². The molecule has 0 radical (unpaired) electrons. The summed E-state index contributed by atoms with van der Waals surface area (Å²) in [6.45, 7) is 10.4. The van der Waals surface area contributed by atoms with Gasteiger partial charge in [0.25, 0.3) is 0 Å². The third-order valence-corrected chi connectivity index (χ3v) is 6.66. The molecule has 2 fully saturated rings. The summed E-state index contributed by atoms with van der Waals surface area (Å²) in [6, 6.07) is 5.78. The number of methoxy groups -OCH3 is 1. The molecule has 4 rings (SSSR count). The third-order valence-electron chi connectivity index (χ3n) is 6.66. The molecule has 0 aromatic heterocycles. The molecule has 1 aromatic carbocycles. The molecule has 0 spiro atoms. The van der Waals surface area contributed by atoms with Gasteiger partial charge in [0.15, 0.2) is 0 Å². The highest BCUT2D eigenvalue weighted by Crippen LogP contribution is 2.39. The third kappa shape index (κ3) is 5.26. The molecule has 3 heterocycles. The van der Waals surface area contributed by atoms with E-state index < -0.39 is 12.2 Å². The van der Waals surface area contributed by atoms with Crippen LogP contribution < -0.4 is 15.2 Å². The number of fused-ring (bicyclic) bond motifs is 1. The summed E-state index contributed by atoms with van der Waals surface area (Å²) in [6.07, 6.45) is 1.16. The van der Waals surface area contributed by atoms with Gasteiger partial charge in [-0.1, -0.05) is 6.07 Å². The summed E-state index contributed by atoms with van der Waals surface area (Å²) < 4.78 is 16.0. The van der Waals surface area contributed by atoms with E-state index in [2.05, 4.69) is 16.5 Å². The molecule has 3 aliphatic rings. The molecule has 33 heavy (non-hydrogen) atoms. The number of ether oxygens (including phenoxy) is 3. The Hall–Kier alpha value is -2.36. The van der Waals surface area contributed by atoms with Gasteiger partial charge in [0, 0.05) is 38.8 Å². The molecule has 0 bridgehead atoms. The van der Waals surface area contributed by atoms with Crippen LogP contribution in [-0.4, -0.2) is 75.8 Å². The van der Waals surface area contributed by atoms with Crippen LogP contribution in [0.4, 0.5) is 21.0 Å². The molecule has 2 saturated heterocycles. The molecule has 0 aliphatic carbocycles. The van der Waals surface area contributed by atoms with E-state index >= 15 is 0 Å². The second kappa shape index (κ2) is 10.3. The number of hydrogen-bond acceptors (Lipinski definition) is 7. The maximum absolute atomic E-state index is 12.9. The van der Waals surface area contributed by atoms with Gasteiger partial charge in [-0.3, -0.25) is 15.2 Å². The Balaban J connectivity index is 1.56. The van der Waals surface area contributed by atoms with Crippen molar-refractivity contribution in [1.29, 1.82) is 0 Å². The molecule has 3 aliphatic heterocycles. The van der Waals surface area contributed by atoms with Crippen LogP contribution in [0.15, 0.2) is 18.2 Å². The Morgan fingerprint density at radius 2 is 1.91 bits per heavy atom. The van der Waals surface area contributed by atoms with E-state index in [0.717, 1.165) is 51.3 Å². The maximum atomic E-state index is 12.9. The number of carbonyl (C=O) groups excluding carboxylic acids is 2. The Kier molecular flexibility index (Phi) is 7.41. The normalized spacial score (nSPS) is 24.2. The molecule has 9 nitrogen and oxygen atoms in total. The Morgan fingerprint density at radius 1 is 1.15 bits per heavy atom. The topological polar surface area (TPSA) is 83.6 Å². The number of nitrogens with zero attached hydrogens (tertiary/aromatic N) is 3. The summed E-state index contributed by atoms with van der Waals surface area (Å²) in [5.41, 5.74) is 6.02. The lowest BCUT2D eigenvalue weighted by Crippen LogP contribution is -2.52. The van der Waals surface area contributed by atoms with E-state index in [1.54, 1.807) is 9.80 Å². The first-order chi connectivity index (χ1) is 15.9. The van der Waals surface area contributed by atoms with Gasteiger partial charge < -0.3 is 14.2 Å². The molecule has 1 aromatic rings. The lowest BCUT2D eigenvalue weighted by molar-refractivity contribution is 0.0496. The Bertz CT molecular complexity index is 857. The molecule has 182 valence electrons. The van der Waals surface area contributed by atoms with Crippen molar-refractivity contribution < 1.29 is 23.8 Å². The quantitative estimate of drug-likeness (QED) is 0.738. The number of amides is 2. The van der Waals surface area contributed by atoms with Crippen molar-refractivity contribution in [1.82, 2.24) is 10.4 Å². The second-order valence-corrected chi connectivity index (χ2v) is 9.50. The number of rotatable bonds is 4. The van der Waals surface area contributed by atoms with Crippen LogP contribution in [0.2, 0.25) is 0 Å². The summed E-state index contributed by atoms with van der Waals surface area (Å²) in [5.74, 6) is 0.953. The summed E-state index contributed by atoms with van der Waals surface area (Å²) in [4.78, 5) is 28.7. The number of nitrogens with one attached hydrogen (secondary N) is 1. The van der Waals surface area contributed by atoms with Crippen LogP contribution in [-0.2, 0) is 14.2 Å². The number of hydrazine groups is 1. The zero-order valence-electron chi connectivity index (χ0n) is 20.1. The van der Waals surface area contributed by atoms with Gasteiger partial charge in [0.1, 0.15) is 0 Å². The molecule has 2 amide bonds. The first-order valence-electron chi connectivity index (χ1n) is 11.9. The maximum Gasteiger partial charge on any atom is 0.414 e. The van der Waals surface area contributed by atoms with Crippen LogP contribution in [0.5, 0.6) is 0 Å². The molecule has 9 heteroatoms. The van der Waals surface area contributed by atoms with Crippen molar-refractivity contribution >= 4 is 23.6 Å². The average Bonchev–Trinajstić information content (AvgIpc) is 3.26. The Morgan fingerprint density at radius 3 is 2.61 bits per heavy atom. The van der Waals surface area contributed by atoms with Crippen molar-refractivity contribution in [3.63, 3.8) is 0 Å². The fourth-order valence-corrected chi connectivity index (χ4v) is 4.95. The fraction of sp³-hybridized carbons (Fsp3) is 0.667. The van der Waals surface area contributed by atoms with E-state index in [4.69, 9.17) is 14.2 Å². The number of hydrogen-bond donors (Lipinski definition) is 1. The number of benzene rings is 1. The first-order valence-corrected chi connectivity index (χ1v) is 11.9.